The van der Waals surface area contributed by atoms with E-state index in [1.165, 1.54) is 0 Å². The van der Waals surface area contributed by atoms with E-state index >= 15 is 0 Å². The van der Waals surface area contributed by atoms with Gasteiger partial charge in [0.05, 0.1) is 5.57 Å². The minimum atomic E-state index is -0.146. The van der Waals surface area contributed by atoms with Crippen LogP contribution in [0, 0.1) is 0 Å². The van der Waals surface area contributed by atoms with Gasteiger partial charge in [-0.25, -0.2) is 0 Å². The molecule has 1 aromatic carbocycles. The molecular weight excluding hydrogens is 338 g/mol. The number of hydrogen-bond acceptors (Lipinski definition) is 4. The summed E-state index contributed by atoms with van der Waals surface area (Å²) in [5.74, 6) is -0.277. The van der Waals surface area contributed by atoms with E-state index in [9.17, 15) is 14.4 Å². The van der Waals surface area contributed by atoms with Crippen LogP contribution in [0.2, 0.25) is 0 Å². The maximum Gasteiger partial charge on any atom is 0.256 e. The number of benzene rings is 1. The van der Waals surface area contributed by atoms with E-state index in [-0.39, 0.29) is 11.8 Å². The molecule has 25 heavy (non-hydrogen) atoms. The third-order valence-electron chi connectivity index (χ3n) is 3.72. The van der Waals surface area contributed by atoms with Crippen LogP contribution in [0.1, 0.15) is 23.3 Å². The molecule has 0 unspecified atom stereocenters. The van der Waals surface area contributed by atoms with Gasteiger partial charge in [-0.15, -0.1) is 11.3 Å². The van der Waals surface area contributed by atoms with Crippen molar-refractivity contribution in [2.45, 2.75) is 12.8 Å². The van der Waals surface area contributed by atoms with Crippen molar-refractivity contribution < 1.29 is 14.4 Å². The number of fused-ring (bicyclic) bond motifs is 1. The van der Waals surface area contributed by atoms with Gasteiger partial charge in [0.15, 0.2) is 0 Å². The number of carbonyl (C=O) groups is 3. The van der Waals surface area contributed by atoms with Gasteiger partial charge >= 0.3 is 0 Å². The predicted octanol–water partition coefficient (Wildman–Crippen LogP) is 2.71. The number of rotatable bonds is 7. The molecule has 0 spiro atoms. The lowest BCUT2D eigenvalue weighted by Gasteiger charge is -2.07. The maximum absolute atomic E-state index is 12.2. The molecule has 0 aliphatic carbocycles. The number of anilines is 2. The Morgan fingerprint density at radius 3 is 2.92 bits per heavy atom. The molecule has 128 valence electrons. The molecule has 1 aliphatic rings. The Balaban J connectivity index is 1.73. The van der Waals surface area contributed by atoms with Crippen LogP contribution in [-0.2, 0) is 14.4 Å². The van der Waals surface area contributed by atoms with Crippen molar-refractivity contribution in [2.75, 3.05) is 17.2 Å². The highest BCUT2D eigenvalue weighted by atomic mass is 32.1. The van der Waals surface area contributed by atoms with Gasteiger partial charge in [0.1, 0.15) is 0 Å². The summed E-state index contributed by atoms with van der Waals surface area (Å²) in [7, 11) is 0. The van der Waals surface area contributed by atoms with Crippen molar-refractivity contribution in [1.82, 2.24) is 5.32 Å². The van der Waals surface area contributed by atoms with Crippen LogP contribution >= 0.6 is 11.3 Å². The van der Waals surface area contributed by atoms with Crippen LogP contribution < -0.4 is 16.0 Å². The first-order valence-corrected chi connectivity index (χ1v) is 8.73. The maximum atomic E-state index is 12.2. The largest absolute Gasteiger partial charge is 0.359 e. The first kappa shape index (κ1) is 16.9. The molecule has 3 N–H and O–H groups in total. The highest BCUT2D eigenvalue weighted by Crippen LogP contribution is 2.35. The van der Waals surface area contributed by atoms with Crippen LogP contribution in [0.25, 0.3) is 11.6 Å². The Morgan fingerprint density at radius 2 is 2.16 bits per heavy atom. The quantitative estimate of drug-likeness (QED) is 0.405. The number of thiophene rings is 1. The Labute approximate surface area is 148 Å². The van der Waals surface area contributed by atoms with Crippen LogP contribution in [0.5, 0.6) is 0 Å². The summed E-state index contributed by atoms with van der Waals surface area (Å²) < 4.78 is 0. The van der Waals surface area contributed by atoms with E-state index in [4.69, 9.17) is 0 Å². The highest BCUT2D eigenvalue weighted by Gasteiger charge is 2.24. The molecule has 0 fully saturated rings. The SMILES string of the molecule is O=CNCCCC(=O)Nc1ccc2c(c1)/C(=C/c1cccs1)C(=O)N2. The van der Waals surface area contributed by atoms with Crippen molar-refractivity contribution in [2.24, 2.45) is 0 Å². The molecule has 1 aromatic heterocycles. The molecule has 0 saturated carbocycles. The van der Waals surface area contributed by atoms with Gasteiger partial charge < -0.3 is 16.0 Å². The first-order valence-electron chi connectivity index (χ1n) is 7.85. The monoisotopic (exact) mass is 355 g/mol. The van der Waals surface area contributed by atoms with E-state index in [0.29, 0.717) is 37.1 Å². The lowest BCUT2D eigenvalue weighted by atomic mass is 10.1. The Hall–Kier alpha value is -2.93. The smallest absolute Gasteiger partial charge is 0.256 e. The van der Waals surface area contributed by atoms with Crippen LogP contribution in [0.3, 0.4) is 0 Å². The second-order valence-electron chi connectivity index (χ2n) is 5.51. The molecule has 6 nitrogen and oxygen atoms in total. The topological polar surface area (TPSA) is 87.3 Å². The van der Waals surface area contributed by atoms with E-state index in [0.717, 1.165) is 16.1 Å². The van der Waals surface area contributed by atoms with Crippen LogP contribution in [0.4, 0.5) is 11.4 Å². The molecule has 0 bridgehead atoms. The van der Waals surface area contributed by atoms with Crippen molar-refractivity contribution in [3.8, 4) is 0 Å². The van der Waals surface area contributed by atoms with E-state index in [1.54, 1.807) is 29.5 Å². The second kappa shape index (κ2) is 7.76. The fourth-order valence-electron chi connectivity index (χ4n) is 2.56. The molecule has 7 heteroatoms. The van der Waals surface area contributed by atoms with E-state index in [2.05, 4.69) is 16.0 Å². The lowest BCUT2D eigenvalue weighted by Crippen LogP contribution is -2.16. The molecule has 3 amide bonds. The zero-order chi connectivity index (χ0) is 17.6. The summed E-state index contributed by atoms with van der Waals surface area (Å²) in [4.78, 5) is 35.3. The first-order chi connectivity index (χ1) is 12.2. The molecule has 0 atom stereocenters. The molecule has 2 aromatic rings. The summed E-state index contributed by atoms with van der Waals surface area (Å²) in [6, 6.07) is 9.22. The molecule has 0 saturated heterocycles. The number of amides is 3. The van der Waals surface area contributed by atoms with Crippen molar-refractivity contribution >= 4 is 52.6 Å². The Morgan fingerprint density at radius 1 is 1.28 bits per heavy atom. The summed E-state index contributed by atoms with van der Waals surface area (Å²) in [5.41, 5.74) is 2.74. The van der Waals surface area contributed by atoms with Gasteiger partial charge in [0, 0.05) is 34.8 Å². The normalized spacial score (nSPS) is 14.1. The zero-order valence-corrected chi connectivity index (χ0v) is 14.2. The van der Waals surface area contributed by atoms with E-state index < -0.39 is 0 Å². The summed E-state index contributed by atoms with van der Waals surface area (Å²) in [5, 5.41) is 10.1. The molecule has 1 aliphatic heterocycles. The predicted molar refractivity (Wildman–Crippen MR) is 99.2 cm³/mol. The summed E-state index contributed by atoms with van der Waals surface area (Å²) in [6.45, 7) is 0.466. The Bertz CT molecular complexity index is 828. The summed E-state index contributed by atoms with van der Waals surface area (Å²) in [6.07, 6.45) is 3.35. The fraction of sp³-hybridized carbons (Fsp3) is 0.167. The van der Waals surface area contributed by atoms with Gasteiger partial charge in [-0.1, -0.05) is 6.07 Å². The van der Waals surface area contributed by atoms with Crippen molar-refractivity contribution in [1.29, 1.82) is 0 Å². The third kappa shape index (κ3) is 4.13. The van der Waals surface area contributed by atoms with Gasteiger partial charge in [-0.05, 0) is 42.1 Å². The number of hydrogen-bond donors (Lipinski definition) is 3. The van der Waals surface area contributed by atoms with Crippen LogP contribution in [0.15, 0.2) is 35.7 Å². The van der Waals surface area contributed by atoms with Gasteiger partial charge in [0.2, 0.25) is 12.3 Å². The standard InChI is InChI=1S/C18H17N3O3S/c22-11-19-7-1-4-17(23)20-12-5-6-16-14(9-12)15(18(24)21-16)10-13-3-2-8-25-13/h2-3,5-6,8-11H,1,4,7H2,(H,19,22)(H,20,23)(H,21,24)/b15-10-. The average molecular weight is 355 g/mol. The fourth-order valence-corrected chi connectivity index (χ4v) is 3.22. The van der Waals surface area contributed by atoms with Crippen LogP contribution in [-0.4, -0.2) is 24.8 Å². The highest BCUT2D eigenvalue weighted by molar-refractivity contribution is 7.11. The number of carbonyl (C=O) groups excluding carboxylic acids is 3. The second-order valence-corrected chi connectivity index (χ2v) is 6.49. The summed E-state index contributed by atoms with van der Waals surface area (Å²) >= 11 is 1.56. The van der Waals surface area contributed by atoms with Gasteiger partial charge in [-0.3, -0.25) is 14.4 Å². The molecule has 0 radical (unpaired) electrons. The lowest BCUT2D eigenvalue weighted by molar-refractivity contribution is -0.116. The van der Waals surface area contributed by atoms with E-state index in [1.807, 2.05) is 23.6 Å². The van der Waals surface area contributed by atoms with Crippen molar-refractivity contribution in [3.63, 3.8) is 0 Å². The van der Waals surface area contributed by atoms with Gasteiger partial charge in [-0.2, -0.15) is 0 Å². The number of nitrogens with one attached hydrogen (secondary N) is 3. The zero-order valence-electron chi connectivity index (χ0n) is 13.4. The molecular formula is C18H17N3O3S. The Kier molecular flexibility index (Phi) is 5.25. The third-order valence-corrected chi connectivity index (χ3v) is 4.54. The minimum absolute atomic E-state index is 0.131. The van der Waals surface area contributed by atoms with Crippen molar-refractivity contribution in [3.05, 3.63) is 46.2 Å². The molecule has 3 rings (SSSR count). The average Bonchev–Trinajstić information content (AvgIpc) is 3.21. The molecule has 2 heterocycles. The minimum Gasteiger partial charge on any atom is -0.359 e. The van der Waals surface area contributed by atoms with Gasteiger partial charge in [0.25, 0.3) is 5.91 Å².